The third kappa shape index (κ3) is 9.74. The molecular formula is C28H45N3O4. The van der Waals surface area contributed by atoms with Gasteiger partial charge in [0.25, 0.3) is 0 Å². The summed E-state index contributed by atoms with van der Waals surface area (Å²) in [5.74, 6) is -0.452. The summed E-state index contributed by atoms with van der Waals surface area (Å²) in [5, 5.41) is 5.75. The normalized spacial score (nSPS) is 14.1. The van der Waals surface area contributed by atoms with Gasteiger partial charge in [0, 0.05) is 12.1 Å². The number of rotatable bonds is 11. The van der Waals surface area contributed by atoms with Crippen molar-refractivity contribution in [3.05, 3.63) is 42.0 Å². The number of ether oxygens (including phenoxy) is 1. The molecule has 1 aromatic carbocycles. The van der Waals surface area contributed by atoms with E-state index < -0.39 is 23.8 Å². The Morgan fingerprint density at radius 2 is 1.71 bits per heavy atom. The fraction of sp³-hybridized carbons (Fsp3) is 0.607. The fourth-order valence-corrected chi connectivity index (χ4v) is 3.78. The Morgan fingerprint density at radius 1 is 1.09 bits per heavy atom. The van der Waals surface area contributed by atoms with Gasteiger partial charge in [0.1, 0.15) is 17.7 Å². The van der Waals surface area contributed by atoms with E-state index in [1.165, 1.54) is 0 Å². The fourth-order valence-electron chi connectivity index (χ4n) is 3.78. The number of carbonyl (C=O) groups excluding carboxylic acids is 3. The van der Waals surface area contributed by atoms with E-state index in [2.05, 4.69) is 17.2 Å². The first-order chi connectivity index (χ1) is 16.2. The summed E-state index contributed by atoms with van der Waals surface area (Å²) in [6.45, 7) is 20.8. The molecule has 7 nitrogen and oxygen atoms in total. The highest BCUT2D eigenvalue weighted by atomic mass is 16.6. The van der Waals surface area contributed by atoms with Gasteiger partial charge in [-0.2, -0.15) is 0 Å². The molecule has 0 saturated carbocycles. The van der Waals surface area contributed by atoms with Crippen LogP contribution in [-0.2, 0) is 14.3 Å². The van der Waals surface area contributed by atoms with E-state index in [0.29, 0.717) is 18.4 Å². The van der Waals surface area contributed by atoms with E-state index in [0.717, 1.165) is 5.56 Å². The van der Waals surface area contributed by atoms with Gasteiger partial charge in [-0.05, 0) is 77.5 Å². The monoisotopic (exact) mass is 487 g/mol. The van der Waals surface area contributed by atoms with Crippen LogP contribution in [0.25, 0.3) is 6.08 Å². The second kappa shape index (κ2) is 13.3. The molecule has 196 valence electrons. The van der Waals surface area contributed by atoms with Gasteiger partial charge in [0.05, 0.1) is 0 Å². The molecule has 3 amide bonds. The molecule has 0 saturated heterocycles. The van der Waals surface area contributed by atoms with Crippen molar-refractivity contribution in [2.75, 3.05) is 0 Å². The van der Waals surface area contributed by atoms with E-state index in [-0.39, 0.29) is 29.8 Å². The molecule has 0 bridgehead atoms. The molecule has 3 unspecified atom stereocenters. The smallest absolute Gasteiger partial charge is 0.408 e. The predicted octanol–water partition coefficient (Wildman–Crippen LogP) is 5.46. The minimum absolute atomic E-state index is 0.104. The molecular weight excluding hydrogens is 442 g/mol. The molecule has 35 heavy (non-hydrogen) atoms. The van der Waals surface area contributed by atoms with Gasteiger partial charge in [0.15, 0.2) is 0 Å². The van der Waals surface area contributed by atoms with Crippen LogP contribution in [0.5, 0.6) is 0 Å². The molecule has 0 fully saturated rings. The second-order valence-electron chi connectivity index (χ2n) is 10.8. The molecule has 1 rings (SSSR count). The molecule has 1 aromatic rings. The summed E-state index contributed by atoms with van der Waals surface area (Å²) in [6, 6.07) is 5.41. The van der Waals surface area contributed by atoms with Crippen LogP contribution < -0.4 is 10.6 Å². The van der Waals surface area contributed by atoms with Gasteiger partial charge in [-0.25, -0.2) is 4.79 Å². The van der Waals surface area contributed by atoms with Crippen molar-refractivity contribution in [3.63, 3.8) is 0 Å². The summed E-state index contributed by atoms with van der Waals surface area (Å²) >= 11 is 0. The maximum Gasteiger partial charge on any atom is 0.408 e. The molecule has 0 aliphatic carbocycles. The number of nitrogens with one attached hydrogen (secondary N) is 2. The summed E-state index contributed by atoms with van der Waals surface area (Å²) < 4.78 is 5.43. The highest BCUT2D eigenvalue weighted by molar-refractivity contribution is 5.92. The lowest BCUT2D eigenvalue weighted by Crippen LogP contribution is -2.56. The van der Waals surface area contributed by atoms with Crippen molar-refractivity contribution >= 4 is 24.0 Å². The molecule has 3 atom stereocenters. The minimum Gasteiger partial charge on any atom is -0.444 e. The average Bonchev–Trinajstić information content (AvgIpc) is 2.73. The Kier molecular flexibility index (Phi) is 11.5. The lowest BCUT2D eigenvalue weighted by Gasteiger charge is -2.39. The number of benzene rings is 1. The Labute approximate surface area is 211 Å². The van der Waals surface area contributed by atoms with Gasteiger partial charge < -0.3 is 20.3 Å². The standard InChI is InChI=1S/C28H45N3O4/c1-11-20(7)31(26(33)23(16-18(3)4)30-27(34)35-28(8,9)10)24(25(32)29-19(5)6)22-15-13-14-21(12-2)17-22/h12-15,17-20,23-24H,2,11,16H2,1,3-10H3,(H,29,32)(H,30,34). The van der Waals surface area contributed by atoms with Crippen molar-refractivity contribution in [3.8, 4) is 0 Å². The third-order valence-corrected chi connectivity index (χ3v) is 5.44. The van der Waals surface area contributed by atoms with Crippen LogP contribution in [0.1, 0.15) is 92.3 Å². The van der Waals surface area contributed by atoms with E-state index in [1.807, 2.05) is 65.8 Å². The van der Waals surface area contributed by atoms with Crippen LogP contribution in [0.2, 0.25) is 0 Å². The van der Waals surface area contributed by atoms with Crippen molar-refractivity contribution in [1.82, 2.24) is 15.5 Å². The van der Waals surface area contributed by atoms with E-state index in [4.69, 9.17) is 4.74 Å². The number of hydrogen-bond acceptors (Lipinski definition) is 4. The van der Waals surface area contributed by atoms with Crippen LogP contribution in [0.4, 0.5) is 4.79 Å². The summed E-state index contributed by atoms with van der Waals surface area (Å²) in [6.07, 6.45) is 2.11. The third-order valence-electron chi connectivity index (χ3n) is 5.44. The van der Waals surface area contributed by atoms with Crippen LogP contribution in [0.15, 0.2) is 30.8 Å². The van der Waals surface area contributed by atoms with Gasteiger partial charge in [-0.3, -0.25) is 9.59 Å². The highest BCUT2D eigenvalue weighted by Gasteiger charge is 2.38. The lowest BCUT2D eigenvalue weighted by atomic mass is 9.96. The van der Waals surface area contributed by atoms with Crippen molar-refractivity contribution in [1.29, 1.82) is 0 Å². The number of hydrogen-bond donors (Lipinski definition) is 2. The van der Waals surface area contributed by atoms with Gasteiger partial charge in [-0.15, -0.1) is 0 Å². The summed E-state index contributed by atoms with van der Waals surface area (Å²) in [7, 11) is 0. The molecule has 2 N–H and O–H groups in total. The number of amides is 3. The first kappa shape index (κ1) is 30.2. The zero-order chi connectivity index (χ0) is 26.9. The van der Waals surface area contributed by atoms with E-state index >= 15 is 0 Å². The SMILES string of the molecule is C=Cc1cccc(C(C(=O)NC(C)C)N(C(=O)C(CC(C)C)NC(=O)OC(C)(C)C)C(C)CC)c1. The number of alkyl carbamates (subject to hydrolysis) is 1. The minimum atomic E-state index is -0.866. The first-order valence-electron chi connectivity index (χ1n) is 12.5. The Bertz CT molecular complexity index is 873. The largest absolute Gasteiger partial charge is 0.444 e. The maximum absolute atomic E-state index is 14.1. The Hall–Kier alpha value is -2.83. The van der Waals surface area contributed by atoms with E-state index in [1.54, 1.807) is 31.7 Å². The van der Waals surface area contributed by atoms with Gasteiger partial charge in [0.2, 0.25) is 11.8 Å². The summed E-state index contributed by atoms with van der Waals surface area (Å²) in [4.78, 5) is 41.9. The van der Waals surface area contributed by atoms with E-state index in [9.17, 15) is 14.4 Å². The lowest BCUT2D eigenvalue weighted by molar-refractivity contribution is -0.145. The van der Waals surface area contributed by atoms with Gasteiger partial charge in [-0.1, -0.05) is 51.6 Å². The second-order valence-corrected chi connectivity index (χ2v) is 10.8. The summed E-state index contributed by atoms with van der Waals surface area (Å²) in [5.41, 5.74) is 0.846. The van der Waals surface area contributed by atoms with Crippen LogP contribution >= 0.6 is 0 Å². The quantitative estimate of drug-likeness (QED) is 0.434. The molecule has 0 heterocycles. The zero-order valence-corrected chi connectivity index (χ0v) is 23.0. The topological polar surface area (TPSA) is 87.7 Å². The van der Waals surface area contributed by atoms with Crippen LogP contribution in [0.3, 0.4) is 0 Å². The molecule has 0 spiro atoms. The number of nitrogens with zero attached hydrogens (tertiary/aromatic N) is 1. The van der Waals surface area contributed by atoms with Crippen molar-refractivity contribution in [2.45, 2.75) is 105 Å². The molecule has 0 aromatic heterocycles. The number of carbonyl (C=O) groups is 3. The van der Waals surface area contributed by atoms with Crippen molar-refractivity contribution < 1.29 is 19.1 Å². The molecule has 7 heteroatoms. The van der Waals surface area contributed by atoms with Crippen LogP contribution in [0, 0.1) is 5.92 Å². The first-order valence-corrected chi connectivity index (χ1v) is 12.5. The molecule has 0 aliphatic rings. The Balaban J connectivity index is 3.57. The maximum atomic E-state index is 14.1. The highest BCUT2D eigenvalue weighted by Crippen LogP contribution is 2.28. The predicted molar refractivity (Wildman–Crippen MR) is 142 cm³/mol. The molecule has 0 radical (unpaired) electrons. The van der Waals surface area contributed by atoms with Crippen molar-refractivity contribution in [2.24, 2.45) is 5.92 Å². The van der Waals surface area contributed by atoms with Gasteiger partial charge >= 0.3 is 6.09 Å². The average molecular weight is 488 g/mol. The molecule has 0 aliphatic heterocycles. The zero-order valence-electron chi connectivity index (χ0n) is 23.0. The Morgan fingerprint density at radius 3 is 2.20 bits per heavy atom. The van der Waals surface area contributed by atoms with Crippen LogP contribution in [-0.4, -0.2) is 46.5 Å².